The lowest BCUT2D eigenvalue weighted by atomic mass is 10.1. The van der Waals surface area contributed by atoms with Gasteiger partial charge in [-0.05, 0) is 59.7 Å². The zero-order valence-corrected chi connectivity index (χ0v) is 16.1. The Bertz CT molecular complexity index is 1260. The summed E-state index contributed by atoms with van der Waals surface area (Å²) >= 11 is 0. The molecule has 5 aromatic rings. The number of aldehydes is 2. The maximum absolute atomic E-state index is 10.8. The number of carbonyl (C=O) groups excluding carboxylic acids is 2. The first kappa shape index (κ1) is 19.2. The first-order valence-corrected chi connectivity index (χ1v) is 9.48. The van der Waals surface area contributed by atoms with Crippen molar-refractivity contribution in [1.29, 1.82) is 0 Å². The van der Waals surface area contributed by atoms with E-state index in [-0.39, 0.29) is 0 Å². The monoisotopic (exact) mass is 393 g/mol. The van der Waals surface area contributed by atoms with Crippen molar-refractivity contribution in [2.45, 2.75) is 0 Å². The summed E-state index contributed by atoms with van der Waals surface area (Å²) in [5, 5.41) is 11.0. The number of aromatic nitrogens is 1. The van der Waals surface area contributed by atoms with Crippen molar-refractivity contribution in [3.63, 3.8) is 0 Å². The van der Waals surface area contributed by atoms with Crippen LogP contribution in [0.1, 0.15) is 20.7 Å². The van der Waals surface area contributed by atoms with Crippen molar-refractivity contribution in [1.82, 2.24) is 4.98 Å². The van der Waals surface area contributed by atoms with E-state index in [0.717, 1.165) is 39.9 Å². The molecule has 146 valence electrons. The third kappa shape index (κ3) is 3.98. The Morgan fingerprint density at radius 3 is 1.60 bits per heavy atom. The van der Waals surface area contributed by atoms with E-state index in [0.29, 0.717) is 16.9 Å². The van der Waals surface area contributed by atoms with Gasteiger partial charge in [-0.15, -0.1) is 0 Å². The van der Waals surface area contributed by atoms with Crippen LogP contribution in [0.4, 0.5) is 0 Å². The molecule has 0 bridgehead atoms. The van der Waals surface area contributed by atoms with Crippen molar-refractivity contribution in [3.8, 4) is 16.9 Å². The van der Waals surface area contributed by atoms with Gasteiger partial charge in [-0.1, -0.05) is 42.5 Å². The summed E-state index contributed by atoms with van der Waals surface area (Å²) in [4.78, 5) is 24.8. The van der Waals surface area contributed by atoms with Crippen molar-refractivity contribution in [2.75, 3.05) is 0 Å². The first-order chi connectivity index (χ1) is 14.7. The third-order valence-electron chi connectivity index (χ3n) is 4.89. The molecule has 4 heteroatoms. The number of fused-ring (bicyclic) bond motifs is 3. The first-order valence-electron chi connectivity index (χ1n) is 9.48. The minimum atomic E-state index is 0.305. The van der Waals surface area contributed by atoms with Crippen molar-refractivity contribution < 1.29 is 14.7 Å². The summed E-state index contributed by atoms with van der Waals surface area (Å²) in [6.07, 6.45) is 1.64. The van der Waals surface area contributed by atoms with Gasteiger partial charge in [-0.25, -0.2) is 0 Å². The second-order valence-corrected chi connectivity index (χ2v) is 6.88. The fraction of sp³-hybridized carbons (Fsp3) is 0. The maximum atomic E-state index is 10.8. The normalized spacial score (nSPS) is 10.4. The van der Waals surface area contributed by atoms with E-state index >= 15 is 0 Å². The minimum absolute atomic E-state index is 0.305. The molecule has 1 aromatic heterocycles. The average Bonchev–Trinajstić information content (AvgIpc) is 3.17. The number of H-pyrrole nitrogens is 1. The van der Waals surface area contributed by atoms with Gasteiger partial charge in [0.25, 0.3) is 0 Å². The number of benzene rings is 4. The average molecular weight is 393 g/mol. The second-order valence-electron chi connectivity index (χ2n) is 6.88. The molecule has 0 fully saturated rings. The van der Waals surface area contributed by atoms with Gasteiger partial charge in [0, 0.05) is 32.9 Å². The molecule has 0 radical (unpaired) electrons. The van der Waals surface area contributed by atoms with Gasteiger partial charge in [-0.2, -0.15) is 0 Å². The number of aromatic amines is 1. The Morgan fingerprint density at radius 1 is 0.600 bits per heavy atom. The predicted octanol–water partition coefficient (Wildman–Crippen LogP) is 6.01. The Hall–Kier alpha value is -4.18. The van der Waals surface area contributed by atoms with E-state index in [9.17, 15) is 9.59 Å². The minimum Gasteiger partial charge on any atom is -0.508 e. The number of nitrogens with one attached hydrogen (secondary N) is 1. The van der Waals surface area contributed by atoms with Gasteiger partial charge in [-0.3, -0.25) is 9.59 Å². The van der Waals surface area contributed by atoms with Gasteiger partial charge in [0.1, 0.15) is 18.3 Å². The van der Waals surface area contributed by atoms with E-state index in [1.807, 2.05) is 66.7 Å². The smallest absolute Gasteiger partial charge is 0.150 e. The van der Waals surface area contributed by atoms with Crippen LogP contribution in [0.25, 0.3) is 32.9 Å². The Labute approximate surface area is 173 Å². The van der Waals surface area contributed by atoms with Crippen LogP contribution in [0.15, 0.2) is 91.0 Å². The SMILES string of the molecule is O=Cc1ccc2[nH]c3ccc(C=O)cc3c2c1.Oc1ccc(-c2ccccc2)cc1. The molecule has 4 aromatic carbocycles. The molecule has 30 heavy (non-hydrogen) atoms. The highest BCUT2D eigenvalue weighted by Gasteiger charge is 2.05. The molecule has 0 unspecified atom stereocenters. The number of rotatable bonds is 3. The van der Waals surface area contributed by atoms with Gasteiger partial charge >= 0.3 is 0 Å². The van der Waals surface area contributed by atoms with Crippen molar-refractivity contribution in [2.24, 2.45) is 0 Å². The summed E-state index contributed by atoms with van der Waals surface area (Å²) in [6, 6.07) is 28.2. The Balaban J connectivity index is 0.000000151. The van der Waals surface area contributed by atoms with Gasteiger partial charge in [0.15, 0.2) is 0 Å². The molecule has 0 spiro atoms. The predicted molar refractivity (Wildman–Crippen MR) is 120 cm³/mol. The van der Waals surface area contributed by atoms with E-state index in [2.05, 4.69) is 4.98 Å². The molecule has 2 N–H and O–H groups in total. The highest BCUT2D eigenvalue weighted by atomic mass is 16.3. The van der Waals surface area contributed by atoms with Crippen LogP contribution < -0.4 is 0 Å². The number of hydrogen-bond donors (Lipinski definition) is 2. The van der Waals surface area contributed by atoms with Crippen molar-refractivity contribution >= 4 is 34.4 Å². The fourth-order valence-electron chi connectivity index (χ4n) is 3.36. The fourth-order valence-corrected chi connectivity index (χ4v) is 3.36. The molecule has 0 aliphatic carbocycles. The molecule has 0 saturated carbocycles. The molecular weight excluding hydrogens is 374 g/mol. The lowest BCUT2D eigenvalue weighted by Crippen LogP contribution is -1.79. The molecule has 4 nitrogen and oxygen atoms in total. The van der Waals surface area contributed by atoms with E-state index < -0.39 is 0 Å². The number of hydrogen-bond acceptors (Lipinski definition) is 3. The van der Waals surface area contributed by atoms with E-state index in [1.54, 1.807) is 24.3 Å². The lowest BCUT2D eigenvalue weighted by molar-refractivity contribution is 0.111. The highest BCUT2D eigenvalue weighted by molar-refractivity contribution is 6.09. The zero-order chi connectivity index (χ0) is 20.9. The standard InChI is InChI=1S/C14H9NO2.C12H10O/c16-7-9-1-3-13-11(5-9)12-6-10(8-17)2-4-14(12)15-13;13-12-8-6-11(7-9-12)10-4-2-1-3-5-10/h1-8,15H;1-9,13H. The van der Waals surface area contributed by atoms with Gasteiger partial charge in [0.2, 0.25) is 0 Å². The molecule has 0 atom stereocenters. The van der Waals surface area contributed by atoms with Crippen LogP contribution >= 0.6 is 0 Å². The van der Waals surface area contributed by atoms with Crippen LogP contribution in [-0.2, 0) is 0 Å². The Morgan fingerprint density at radius 2 is 1.10 bits per heavy atom. The molecule has 5 rings (SSSR count). The van der Waals surface area contributed by atoms with Crippen LogP contribution in [-0.4, -0.2) is 22.7 Å². The van der Waals surface area contributed by atoms with Gasteiger partial charge < -0.3 is 10.1 Å². The topological polar surface area (TPSA) is 70.2 Å². The summed E-state index contributed by atoms with van der Waals surface area (Å²) in [7, 11) is 0. The largest absolute Gasteiger partial charge is 0.508 e. The number of phenolic OH excluding ortho intramolecular Hbond substituents is 1. The van der Waals surface area contributed by atoms with Crippen LogP contribution in [0.3, 0.4) is 0 Å². The summed E-state index contributed by atoms with van der Waals surface area (Å²) in [5.74, 6) is 0.305. The van der Waals surface area contributed by atoms with Crippen molar-refractivity contribution in [3.05, 3.63) is 102 Å². The van der Waals surface area contributed by atoms with E-state index in [1.165, 1.54) is 5.56 Å². The second kappa shape index (κ2) is 8.45. The highest BCUT2D eigenvalue weighted by Crippen LogP contribution is 2.26. The molecule has 1 heterocycles. The van der Waals surface area contributed by atoms with Gasteiger partial charge in [0.05, 0.1) is 0 Å². The third-order valence-corrected chi connectivity index (χ3v) is 4.89. The maximum Gasteiger partial charge on any atom is 0.150 e. The summed E-state index contributed by atoms with van der Waals surface area (Å²) in [5.41, 5.74) is 5.49. The van der Waals surface area contributed by atoms with E-state index in [4.69, 9.17) is 5.11 Å². The molecule has 0 amide bonds. The molecule has 0 saturated heterocycles. The Kier molecular flexibility index (Phi) is 5.39. The number of carbonyl (C=O) groups is 2. The quantitative estimate of drug-likeness (QED) is 0.369. The van der Waals surface area contributed by atoms with Crippen LogP contribution in [0.2, 0.25) is 0 Å². The summed E-state index contributed by atoms with van der Waals surface area (Å²) < 4.78 is 0. The van der Waals surface area contributed by atoms with Crippen LogP contribution in [0.5, 0.6) is 5.75 Å². The number of phenols is 1. The molecular formula is C26H19NO3. The molecule has 0 aliphatic heterocycles. The zero-order valence-electron chi connectivity index (χ0n) is 16.1. The summed E-state index contributed by atoms with van der Waals surface area (Å²) in [6.45, 7) is 0. The van der Waals surface area contributed by atoms with Crippen LogP contribution in [0, 0.1) is 0 Å². The number of aromatic hydroxyl groups is 1. The lowest BCUT2D eigenvalue weighted by Gasteiger charge is -2.00. The molecule has 0 aliphatic rings.